The summed E-state index contributed by atoms with van der Waals surface area (Å²) < 4.78 is 33.8. The maximum atomic E-state index is 14.5. The van der Waals surface area contributed by atoms with E-state index in [0.29, 0.717) is 18.1 Å². The fourth-order valence-corrected chi connectivity index (χ4v) is 4.07. The molecule has 0 saturated carbocycles. The van der Waals surface area contributed by atoms with Crippen LogP contribution in [-0.4, -0.2) is 11.5 Å². The molecule has 3 nitrogen and oxygen atoms in total. The van der Waals surface area contributed by atoms with Crippen molar-refractivity contribution in [3.8, 4) is 5.75 Å². The molecule has 0 aliphatic heterocycles. The van der Waals surface area contributed by atoms with Gasteiger partial charge >= 0.3 is 0 Å². The van der Waals surface area contributed by atoms with E-state index in [-0.39, 0.29) is 12.2 Å². The summed E-state index contributed by atoms with van der Waals surface area (Å²) in [7, 11) is 0. The van der Waals surface area contributed by atoms with Gasteiger partial charge in [0.1, 0.15) is 36.3 Å². The highest BCUT2D eigenvalue weighted by Gasteiger charge is 2.13. The van der Waals surface area contributed by atoms with Crippen molar-refractivity contribution in [3.05, 3.63) is 131 Å². The molecule has 34 heavy (non-hydrogen) atoms. The van der Waals surface area contributed by atoms with Gasteiger partial charge in [0.2, 0.25) is 0 Å². The lowest BCUT2D eigenvalue weighted by atomic mass is 10.1. The molecule has 0 aromatic heterocycles. The van der Waals surface area contributed by atoms with Crippen molar-refractivity contribution in [2.75, 3.05) is 5.75 Å². The Morgan fingerprint density at radius 3 is 2.15 bits per heavy atom. The largest absolute Gasteiger partial charge is 0.489 e. The molecule has 0 unspecified atom stereocenters. The first-order chi connectivity index (χ1) is 16.7. The van der Waals surface area contributed by atoms with Gasteiger partial charge in [-0.3, -0.25) is 0 Å². The Labute approximate surface area is 202 Å². The van der Waals surface area contributed by atoms with Crippen LogP contribution in [0.2, 0.25) is 0 Å². The van der Waals surface area contributed by atoms with Gasteiger partial charge in [-0.05, 0) is 41.5 Å². The summed E-state index contributed by atoms with van der Waals surface area (Å²) in [5.41, 5.74) is 2.62. The number of ether oxygens (including phenoxy) is 1. The summed E-state index contributed by atoms with van der Waals surface area (Å²) in [6.45, 7) is 0.719. The summed E-state index contributed by atoms with van der Waals surface area (Å²) in [5, 5.41) is 4.20. The normalized spacial score (nSPS) is 11.3. The van der Waals surface area contributed by atoms with E-state index in [4.69, 9.17) is 9.57 Å². The smallest absolute Gasteiger partial charge is 0.142 e. The van der Waals surface area contributed by atoms with Gasteiger partial charge in [0, 0.05) is 22.3 Å². The van der Waals surface area contributed by atoms with E-state index >= 15 is 0 Å². The van der Waals surface area contributed by atoms with Crippen LogP contribution in [0, 0.1) is 11.6 Å². The fraction of sp³-hybridized carbons (Fsp3) is 0.107. The molecule has 4 aromatic rings. The Balaban J connectivity index is 1.45. The van der Waals surface area contributed by atoms with Gasteiger partial charge in [-0.15, -0.1) is 11.8 Å². The summed E-state index contributed by atoms with van der Waals surface area (Å²) in [6.07, 6.45) is 0. The van der Waals surface area contributed by atoms with Crippen molar-refractivity contribution in [3.63, 3.8) is 0 Å². The molecule has 0 bridgehead atoms. The van der Waals surface area contributed by atoms with Crippen LogP contribution in [0.4, 0.5) is 8.78 Å². The standard InChI is InChI=1S/C28H23F2NO2S/c29-23-14-15-26(27(30)16-23)28(31-33-19-22-10-5-2-6-11-22)20-34-25-13-7-12-24(17-25)32-18-21-8-3-1-4-9-21/h1-17H,18-20H2. The highest BCUT2D eigenvalue weighted by Crippen LogP contribution is 2.25. The van der Waals surface area contributed by atoms with Crippen LogP contribution >= 0.6 is 11.8 Å². The third kappa shape index (κ3) is 6.93. The van der Waals surface area contributed by atoms with Crippen molar-refractivity contribution in [2.45, 2.75) is 18.1 Å². The number of thioether (sulfide) groups is 1. The van der Waals surface area contributed by atoms with E-state index in [0.717, 1.165) is 27.8 Å². The number of halogens is 2. The molecule has 0 spiro atoms. The summed E-state index contributed by atoms with van der Waals surface area (Å²) in [5.74, 6) is -0.246. The van der Waals surface area contributed by atoms with Gasteiger partial charge in [0.25, 0.3) is 0 Å². The summed E-state index contributed by atoms with van der Waals surface area (Å²) in [6, 6.07) is 30.6. The first kappa shape index (κ1) is 23.5. The van der Waals surface area contributed by atoms with Crippen LogP contribution in [0.1, 0.15) is 16.7 Å². The van der Waals surface area contributed by atoms with E-state index in [9.17, 15) is 8.78 Å². The maximum Gasteiger partial charge on any atom is 0.142 e. The predicted molar refractivity (Wildman–Crippen MR) is 132 cm³/mol. The molecule has 0 N–H and O–H groups in total. The molecule has 6 heteroatoms. The van der Waals surface area contributed by atoms with Gasteiger partial charge in [-0.25, -0.2) is 8.78 Å². The number of nitrogens with zero attached hydrogens (tertiary/aromatic N) is 1. The number of hydrogen-bond donors (Lipinski definition) is 0. The monoisotopic (exact) mass is 475 g/mol. The minimum Gasteiger partial charge on any atom is -0.489 e. The van der Waals surface area contributed by atoms with Crippen LogP contribution in [0.15, 0.2) is 113 Å². The Kier molecular flexibility index (Phi) is 8.30. The molecular weight excluding hydrogens is 452 g/mol. The number of benzene rings is 4. The third-order valence-corrected chi connectivity index (χ3v) is 5.93. The number of hydrogen-bond acceptors (Lipinski definition) is 4. The number of oxime groups is 1. The maximum absolute atomic E-state index is 14.5. The first-order valence-corrected chi connectivity index (χ1v) is 11.7. The molecule has 0 atom stereocenters. The van der Waals surface area contributed by atoms with Gasteiger partial charge < -0.3 is 9.57 Å². The van der Waals surface area contributed by atoms with Crippen molar-refractivity contribution in [2.24, 2.45) is 5.16 Å². The summed E-state index contributed by atoms with van der Waals surface area (Å²) >= 11 is 1.47. The lowest BCUT2D eigenvalue weighted by Gasteiger charge is -2.10. The minimum atomic E-state index is -0.678. The van der Waals surface area contributed by atoms with Gasteiger partial charge in [0.05, 0.1) is 0 Å². The molecule has 0 saturated heterocycles. The van der Waals surface area contributed by atoms with Crippen molar-refractivity contribution in [1.29, 1.82) is 0 Å². The van der Waals surface area contributed by atoms with Crippen LogP contribution in [0.25, 0.3) is 0 Å². The van der Waals surface area contributed by atoms with E-state index in [1.807, 2.05) is 84.9 Å². The van der Waals surface area contributed by atoms with Crippen molar-refractivity contribution >= 4 is 17.5 Å². The molecule has 0 heterocycles. The van der Waals surface area contributed by atoms with E-state index < -0.39 is 11.6 Å². The Hall–Kier alpha value is -3.64. The molecule has 0 aliphatic carbocycles. The zero-order valence-electron chi connectivity index (χ0n) is 18.4. The molecule has 172 valence electrons. The van der Waals surface area contributed by atoms with Crippen molar-refractivity contribution < 1.29 is 18.4 Å². The van der Waals surface area contributed by atoms with E-state index in [1.54, 1.807) is 0 Å². The van der Waals surface area contributed by atoms with Crippen LogP contribution < -0.4 is 4.74 Å². The molecule has 0 aliphatic rings. The molecule has 0 amide bonds. The molecule has 0 fully saturated rings. The molecule has 4 rings (SSSR count). The quantitative estimate of drug-likeness (QED) is 0.137. The second kappa shape index (κ2) is 12.0. The Morgan fingerprint density at radius 1 is 0.735 bits per heavy atom. The zero-order valence-corrected chi connectivity index (χ0v) is 19.2. The highest BCUT2D eigenvalue weighted by atomic mass is 32.2. The molecular formula is C28H23F2NO2S. The molecule has 4 aromatic carbocycles. The summed E-state index contributed by atoms with van der Waals surface area (Å²) in [4.78, 5) is 6.44. The second-order valence-electron chi connectivity index (χ2n) is 7.46. The molecule has 0 radical (unpaired) electrons. The minimum absolute atomic E-state index is 0.207. The van der Waals surface area contributed by atoms with E-state index in [2.05, 4.69) is 5.16 Å². The lowest BCUT2D eigenvalue weighted by Crippen LogP contribution is -2.09. The first-order valence-electron chi connectivity index (χ1n) is 10.7. The Bertz CT molecular complexity index is 1230. The fourth-order valence-electron chi connectivity index (χ4n) is 3.18. The van der Waals surface area contributed by atoms with Gasteiger partial charge in [0.15, 0.2) is 0 Å². The SMILES string of the molecule is Fc1ccc(C(CSc2cccc(OCc3ccccc3)c2)=NOCc2ccccc2)c(F)c1. The third-order valence-electron chi connectivity index (χ3n) is 4.92. The zero-order chi connectivity index (χ0) is 23.6. The van der Waals surface area contributed by atoms with Crippen LogP contribution in [0.3, 0.4) is 0 Å². The van der Waals surface area contributed by atoms with Gasteiger partial charge in [-0.1, -0.05) is 71.9 Å². The van der Waals surface area contributed by atoms with Gasteiger partial charge in [-0.2, -0.15) is 0 Å². The van der Waals surface area contributed by atoms with E-state index in [1.165, 1.54) is 23.9 Å². The lowest BCUT2D eigenvalue weighted by molar-refractivity contribution is 0.130. The van der Waals surface area contributed by atoms with Crippen LogP contribution in [-0.2, 0) is 18.1 Å². The topological polar surface area (TPSA) is 30.8 Å². The number of rotatable bonds is 10. The highest BCUT2D eigenvalue weighted by molar-refractivity contribution is 8.00. The Morgan fingerprint density at radius 2 is 1.44 bits per heavy atom. The van der Waals surface area contributed by atoms with Crippen LogP contribution in [0.5, 0.6) is 5.75 Å². The predicted octanol–water partition coefficient (Wildman–Crippen LogP) is 7.26. The average Bonchev–Trinajstić information content (AvgIpc) is 2.87. The van der Waals surface area contributed by atoms with Crippen molar-refractivity contribution in [1.82, 2.24) is 0 Å². The second-order valence-corrected chi connectivity index (χ2v) is 8.51. The average molecular weight is 476 g/mol.